The predicted molar refractivity (Wildman–Crippen MR) is 55.4 cm³/mol. The van der Waals surface area contributed by atoms with Gasteiger partial charge in [-0.15, -0.1) is 0 Å². The molecule has 2 nitrogen and oxygen atoms in total. The number of phenolic OH excluding ortho intramolecular Hbond substituents is 2. The van der Waals surface area contributed by atoms with Gasteiger partial charge in [0.15, 0.2) is 0 Å². The summed E-state index contributed by atoms with van der Waals surface area (Å²) in [5.41, 5.74) is 0.864. The summed E-state index contributed by atoms with van der Waals surface area (Å²) in [6.07, 6.45) is 8.98. The minimum absolute atomic E-state index is 0.0987. The van der Waals surface area contributed by atoms with Crippen LogP contribution in [0.25, 0.3) is 0 Å². The van der Waals surface area contributed by atoms with E-state index in [1.165, 1.54) is 6.07 Å². The minimum atomic E-state index is 0.0987. The fourth-order valence-corrected chi connectivity index (χ4v) is 1.66. The fraction of sp³-hybridized carbons (Fsp3) is 0.167. The third-order valence-electron chi connectivity index (χ3n) is 2.39. The molecule has 72 valence electrons. The molecular formula is C12H12O2. The molecule has 0 fully saturated rings. The van der Waals surface area contributed by atoms with Crippen LogP contribution in [0.2, 0.25) is 0 Å². The van der Waals surface area contributed by atoms with E-state index in [0.717, 1.165) is 12.0 Å². The molecule has 0 aliphatic heterocycles. The lowest BCUT2D eigenvalue weighted by atomic mass is 9.92. The zero-order valence-corrected chi connectivity index (χ0v) is 7.72. The van der Waals surface area contributed by atoms with E-state index in [1.807, 2.05) is 18.2 Å². The monoisotopic (exact) mass is 188 g/mol. The van der Waals surface area contributed by atoms with Gasteiger partial charge in [0, 0.05) is 17.5 Å². The molecule has 0 heterocycles. The Balaban J connectivity index is 2.32. The molecule has 1 aromatic carbocycles. The molecule has 14 heavy (non-hydrogen) atoms. The van der Waals surface area contributed by atoms with Crippen LogP contribution in [0.15, 0.2) is 42.5 Å². The first kappa shape index (κ1) is 8.88. The highest BCUT2D eigenvalue weighted by Gasteiger charge is 2.12. The lowest BCUT2D eigenvalue weighted by Gasteiger charge is -2.14. The third-order valence-corrected chi connectivity index (χ3v) is 2.39. The van der Waals surface area contributed by atoms with Crippen LogP contribution in [0.4, 0.5) is 0 Å². The Labute approximate surface area is 82.8 Å². The summed E-state index contributed by atoms with van der Waals surface area (Å²) in [6, 6.07) is 4.74. The molecule has 1 atom stereocenters. The van der Waals surface area contributed by atoms with Crippen molar-refractivity contribution in [3.05, 3.63) is 48.1 Å². The molecule has 1 aliphatic rings. The van der Waals surface area contributed by atoms with Crippen LogP contribution in [0, 0.1) is 0 Å². The molecule has 0 radical (unpaired) electrons. The molecular weight excluding hydrogens is 176 g/mol. The van der Waals surface area contributed by atoms with Crippen LogP contribution in [0.5, 0.6) is 11.5 Å². The Kier molecular flexibility index (Phi) is 2.27. The van der Waals surface area contributed by atoms with Crippen LogP contribution in [0.1, 0.15) is 17.9 Å². The maximum absolute atomic E-state index is 9.63. The average Bonchev–Trinajstić information content (AvgIpc) is 2.19. The average molecular weight is 188 g/mol. The first-order chi connectivity index (χ1) is 6.77. The zero-order valence-electron chi connectivity index (χ0n) is 7.72. The van der Waals surface area contributed by atoms with Crippen LogP contribution < -0.4 is 0 Å². The Morgan fingerprint density at radius 2 is 2.00 bits per heavy atom. The zero-order chi connectivity index (χ0) is 9.97. The van der Waals surface area contributed by atoms with Gasteiger partial charge in [0.05, 0.1) is 0 Å². The second-order valence-electron chi connectivity index (χ2n) is 3.40. The Bertz CT molecular complexity index is 391. The Morgan fingerprint density at radius 3 is 2.64 bits per heavy atom. The largest absolute Gasteiger partial charge is 0.508 e. The van der Waals surface area contributed by atoms with Gasteiger partial charge >= 0.3 is 0 Å². The second-order valence-corrected chi connectivity index (χ2v) is 3.40. The lowest BCUT2D eigenvalue weighted by molar-refractivity contribution is 0.444. The van der Waals surface area contributed by atoms with Gasteiger partial charge in [-0.25, -0.2) is 0 Å². The molecule has 0 spiro atoms. The van der Waals surface area contributed by atoms with Crippen molar-refractivity contribution >= 4 is 0 Å². The SMILES string of the molecule is Oc1ccc(C2C=CC=CC2)c(O)c1. The summed E-state index contributed by atoms with van der Waals surface area (Å²) in [5.74, 6) is 0.483. The highest BCUT2D eigenvalue weighted by atomic mass is 16.3. The second kappa shape index (κ2) is 3.58. The number of aromatic hydroxyl groups is 2. The fourth-order valence-electron chi connectivity index (χ4n) is 1.66. The van der Waals surface area contributed by atoms with Crippen molar-refractivity contribution in [3.8, 4) is 11.5 Å². The quantitative estimate of drug-likeness (QED) is 0.711. The molecule has 0 saturated heterocycles. The van der Waals surface area contributed by atoms with Crippen LogP contribution in [0.3, 0.4) is 0 Å². The van der Waals surface area contributed by atoms with Gasteiger partial charge in [0.25, 0.3) is 0 Å². The van der Waals surface area contributed by atoms with Crippen molar-refractivity contribution in [1.29, 1.82) is 0 Å². The summed E-state index contributed by atoms with van der Waals surface area (Å²) in [4.78, 5) is 0. The van der Waals surface area contributed by atoms with E-state index < -0.39 is 0 Å². The number of rotatable bonds is 1. The number of benzene rings is 1. The van der Waals surface area contributed by atoms with Gasteiger partial charge in [-0.3, -0.25) is 0 Å². The van der Waals surface area contributed by atoms with Gasteiger partial charge < -0.3 is 10.2 Å². The number of hydrogen-bond donors (Lipinski definition) is 2. The van der Waals surface area contributed by atoms with E-state index in [4.69, 9.17) is 5.11 Å². The molecule has 2 rings (SSSR count). The maximum Gasteiger partial charge on any atom is 0.123 e. The van der Waals surface area contributed by atoms with E-state index in [-0.39, 0.29) is 17.4 Å². The molecule has 1 aromatic rings. The van der Waals surface area contributed by atoms with Crippen LogP contribution in [-0.4, -0.2) is 10.2 Å². The molecule has 0 bridgehead atoms. The summed E-state index contributed by atoms with van der Waals surface area (Å²) >= 11 is 0. The molecule has 2 N–H and O–H groups in total. The molecule has 1 aliphatic carbocycles. The lowest BCUT2D eigenvalue weighted by Crippen LogP contribution is -1.96. The van der Waals surface area contributed by atoms with E-state index in [1.54, 1.807) is 12.1 Å². The number of phenols is 2. The van der Waals surface area contributed by atoms with Crippen LogP contribution >= 0.6 is 0 Å². The molecule has 0 aromatic heterocycles. The molecule has 0 saturated carbocycles. The van der Waals surface area contributed by atoms with E-state index >= 15 is 0 Å². The van der Waals surface area contributed by atoms with Gasteiger partial charge in [0.2, 0.25) is 0 Å². The van der Waals surface area contributed by atoms with Gasteiger partial charge in [0.1, 0.15) is 11.5 Å². The Hall–Kier alpha value is -1.70. The highest BCUT2D eigenvalue weighted by Crippen LogP contribution is 2.33. The van der Waals surface area contributed by atoms with Crippen molar-refractivity contribution in [2.45, 2.75) is 12.3 Å². The Morgan fingerprint density at radius 1 is 1.14 bits per heavy atom. The standard InChI is InChI=1S/C12H12O2/c13-10-6-7-11(12(14)8-10)9-4-2-1-3-5-9/h1-4,6-9,13-14H,5H2. The highest BCUT2D eigenvalue weighted by molar-refractivity contribution is 5.43. The third kappa shape index (κ3) is 1.64. The molecule has 0 amide bonds. The maximum atomic E-state index is 9.63. The normalized spacial score (nSPS) is 19.9. The topological polar surface area (TPSA) is 40.5 Å². The first-order valence-electron chi connectivity index (χ1n) is 4.62. The van der Waals surface area contributed by atoms with Gasteiger partial charge in [-0.1, -0.05) is 30.4 Å². The van der Waals surface area contributed by atoms with Crippen molar-refractivity contribution in [2.75, 3.05) is 0 Å². The van der Waals surface area contributed by atoms with Crippen molar-refractivity contribution in [3.63, 3.8) is 0 Å². The number of allylic oxidation sites excluding steroid dienone is 4. The number of hydrogen-bond acceptors (Lipinski definition) is 2. The van der Waals surface area contributed by atoms with Crippen molar-refractivity contribution < 1.29 is 10.2 Å². The van der Waals surface area contributed by atoms with E-state index in [2.05, 4.69) is 6.08 Å². The first-order valence-corrected chi connectivity index (χ1v) is 4.62. The van der Waals surface area contributed by atoms with E-state index in [9.17, 15) is 5.11 Å². The summed E-state index contributed by atoms with van der Waals surface area (Å²) in [7, 11) is 0. The van der Waals surface area contributed by atoms with E-state index in [0.29, 0.717) is 0 Å². The predicted octanol–water partition coefficient (Wildman–Crippen LogP) is 2.70. The molecule has 1 unspecified atom stereocenters. The summed E-state index contributed by atoms with van der Waals surface area (Å²) < 4.78 is 0. The molecule has 2 heteroatoms. The van der Waals surface area contributed by atoms with Gasteiger partial charge in [-0.05, 0) is 12.5 Å². The van der Waals surface area contributed by atoms with Crippen molar-refractivity contribution in [2.24, 2.45) is 0 Å². The minimum Gasteiger partial charge on any atom is -0.508 e. The summed E-state index contributed by atoms with van der Waals surface area (Å²) in [5, 5.41) is 18.8. The van der Waals surface area contributed by atoms with Gasteiger partial charge in [-0.2, -0.15) is 0 Å². The van der Waals surface area contributed by atoms with Crippen LogP contribution in [-0.2, 0) is 0 Å². The smallest absolute Gasteiger partial charge is 0.123 e. The summed E-state index contributed by atoms with van der Waals surface area (Å²) in [6.45, 7) is 0. The van der Waals surface area contributed by atoms with Crippen molar-refractivity contribution in [1.82, 2.24) is 0 Å².